The van der Waals surface area contributed by atoms with E-state index in [2.05, 4.69) is 54.8 Å². The number of benzene rings is 1. The maximum absolute atomic E-state index is 11.8. The summed E-state index contributed by atoms with van der Waals surface area (Å²) in [5.41, 5.74) is 0.921. The van der Waals surface area contributed by atoms with Crippen LogP contribution < -0.4 is 10.6 Å². The molecule has 1 saturated carbocycles. The van der Waals surface area contributed by atoms with Crippen LogP contribution in [0.2, 0.25) is 0 Å². The molecule has 0 bridgehead atoms. The van der Waals surface area contributed by atoms with Gasteiger partial charge in [-0.1, -0.05) is 44.2 Å². The average Bonchev–Trinajstić information content (AvgIpc) is 3.15. The fraction of sp³-hybridized carbons (Fsp3) is 0.632. The predicted molar refractivity (Wildman–Crippen MR) is 93.6 cm³/mol. The van der Waals surface area contributed by atoms with E-state index in [9.17, 15) is 4.79 Å². The number of nitrogens with one attached hydrogen (secondary N) is 2. The number of amides is 1. The van der Waals surface area contributed by atoms with E-state index < -0.39 is 5.60 Å². The molecule has 1 aromatic rings. The minimum atomic E-state index is -0.446. The van der Waals surface area contributed by atoms with Gasteiger partial charge in [-0.2, -0.15) is 0 Å². The van der Waals surface area contributed by atoms with Gasteiger partial charge in [-0.05, 0) is 44.6 Å². The maximum Gasteiger partial charge on any atom is 0.407 e. The SMILES string of the molecule is CC(C)C(CNC1CC1NC(=O)OC(C)(C)C)c1ccccc1. The molecule has 1 fully saturated rings. The van der Waals surface area contributed by atoms with Crippen molar-refractivity contribution in [3.8, 4) is 0 Å². The molecule has 0 aromatic heterocycles. The van der Waals surface area contributed by atoms with Crippen molar-refractivity contribution >= 4 is 6.09 Å². The van der Waals surface area contributed by atoms with Crippen LogP contribution in [0.15, 0.2) is 30.3 Å². The molecule has 0 spiro atoms. The van der Waals surface area contributed by atoms with Crippen LogP contribution in [0.5, 0.6) is 0 Å². The standard InChI is InChI=1S/C19H30N2O2/c1-13(2)15(14-9-7-6-8-10-14)12-20-16-11-17(16)21-18(22)23-19(3,4)5/h6-10,13,15-17,20H,11-12H2,1-5H3,(H,21,22). The number of hydrogen-bond acceptors (Lipinski definition) is 3. The lowest BCUT2D eigenvalue weighted by atomic mass is 9.88. The molecule has 3 atom stereocenters. The molecule has 2 N–H and O–H groups in total. The van der Waals surface area contributed by atoms with Crippen LogP contribution in [0.3, 0.4) is 0 Å². The normalized spacial score (nSPS) is 21.8. The zero-order valence-electron chi connectivity index (χ0n) is 14.9. The number of hydrogen-bond donors (Lipinski definition) is 2. The molecule has 0 radical (unpaired) electrons. The molecule has 2 rings (SSSR count). The van der Waals surface area contributed by atoms with Crippen LogP contribution >= 0.6 is 0 Å². The van der Waals surface area contributed by atoms with Crippen LogP contribution in [-0.2, 0) is 4.74 Å². The van der Waals surface area contributed by atoms with Crippen LogP contribution in [0.1, 0.15) is 52.5 Å². The van der Waals surface area contributed by atoms with Gasteiger partial charge >= 0.3 is 6.09 Å². The van der Waals surface area contributed by atoms with E-state index in [1.807, 2.05) is 20.8 Å². The minimum absolute atomic E-state index is 0.188. The summed E-state index contributed by atoms with van der Waals surface area (Å²) in [6.45, 7) is 11.1. The summed E-state index contributed by atoms with van der Waals surface area (Å²) < 4.78 is 5.29. The van der Waals surface area contributed by atoms with Crippen molar-refractivity contribution in [3.05, 3.63) is 35.9 Å². The zero-order chi connectivity index (χ0) is 17.0. The molecule has 1 aromatic carbocycles. The Labute approximate surface area is 140 Å². The minimum Gasteiger partial charge on any atom is -0.444 e. The molecule has 4 heteroatoms. The summed E-state index contributed by atoms with van der Waals surface area (Å²) in [5.74, 6) is 1.06. The largest absolute Gasteiger partial charge is 0.444 e. The first-order valence-corrected chi connectivity index (χ1v) is 8.54. The first kappa shape index (κ1) is 17.8. The van der Waals surface area contributed by atoms with Crippen molar-refractivity contribution in [1.29, 1.82) is 0 Å². The molecule has 3 unspecified atom stereocenters. The predicted octanol–water partition coefficient (Wildman–Crippen LogP) is 3.68. The molecule has 1 amide bonds. The molecule has 0 aliphatic heterocycles. The monoisotopic (exact) mass is 318 g/mol. The molecule has 128 valence electrons. The van der Waals surface area contributed by atoms with Crippen LogP contribution in [-0.4, -0.2) is 30.3 Å². The van der Waals surface area contributed by atoms with Gasteiger partial charge in [0.25, 0.3) is 0 Å². The number of alkyl carbamates (subject to hydrolysis) is 1. The first-order valence-electron chi connectivity index (χ1n) is 8.54. The lowest BCUT2D eigenvalue weighted by Gasteiger charge is -2.22. The summed E-state index contributed by atoms with van der Waals surface area (Å²) in [4.78, 5) is 11.8. The van der Waals surface area contributed by atoms with Crippen molar-refractivity contribution in [2.75, 3.05) is 6.54 Å². The number of carbonyl (C=O) groups is 1. The highest BCUT2D eigenvalue weighted by Crippen LogP contribution is 2.27. The average molecular weight is 318 g/mol. The summed E-state index contributed by atoms with van der Waals surface area (Å²) in [7, 11) is 0. The van der Waals surface area contributed by atoms with Crippen molar-refractivity contribution in [3.63, 3.8) is 0 Å². The Kier molecular flexibility index (Phi) is 5.69. The molecular formula is C19H30N2O2. The molecule has 0 heterocycles. The lowest BCUT2D eigenvalue weighted by molar-refractivity contribution is 0.0522. The Balaban J connectivity index is 1.77. The van der Waals surface area contributed by atoms with E-state index in [1.54, 1.807) is 0 Å². The van der Waals surface area contributed by atoms with Gasteiger partial charge in [0.2, 0.25) is 0 Å². The second-order valence-electron chi connectivity index (χ2n) is 7.76. The Morgan fingerprint density at radius 2 is 1.87 bits per heavy atom. The van der Waals surface area contributed by atoms with E-state index in [1.165, 1.54) is 5.56 Å². The fourth-order valence-corrected chi connectivity index (χ4v) is 2.76. The third kappa shape index (κ3) is 5.87. The summed E-state index contributed by atoms with van der Waals surface area (Å²) >= 11 is 0. The van der Waals surface area contributed by atoms with Gasteiger partial charge in [-0.15, -0.1) is 0 Å². The van der Waals surface area contributed by atoms with E-state index in [4.69, 9.17) is 4.74 Å². The van der Waals surface area contributed by atoms with Crippen molar-refractivity contribution in [2.24, 2.45) is 5.92 Å². The topological polar surface area (TPSA) is 50.4 Å². The van der Waals surface area contributed by atoms with E-state index >= 15 is 0 Å². The van der Waals surface area contributed by atoms with Crippen molar-refractivity contribution in [2.45, 2.75) is 64.6 Å². The molecule has 23 heavy (non-hydrogen) atoms. The third-order valence-electron chi connectivity index (χ3n) is 4.12. The van der Waals surface area contributed by atoms with Gasteiger partial charge < -0.3 is 15.4 Å². The first-order chi connectivity index (χ1) is 10.8. The zero-order valence-corrected chi connectivity index (χ0v) is 14.9. The van der Waals surface area contributed by atoms with Crippen molar-refractivity contribution in [1.82, 2.24) is 10.6 Å². The molecule has 0 saturated heterocycles. The Morgan fingerprint density at radius 1 is 1.22 bits per heavy atom. The van der Waals surface area contributed by atoms with Gasteiger partial charge in [0, 0.05) is 18.6 Å². The Bertz CT molecular complexity index is 508. The molecule has 1 aliphatic rings. The van der Waals surface area contributed by atoms with Gasteiger partial charge in [-0.3, -0.25) is 0 Å². The maximum atomic E-state index is 11.8. The van der Waals surface area contributed by atoms with Crippen LogP contribution in [0.25, 0.3) is 0 Å². The second-order valence-corrected chi connectivity index (χ2v) is 7.76. The van der Waals surface area contributed by atoms with E-state index in [0.29, 0.717) is 17.9 Å². The van der Waals surface area contributed by atoms with Gasteiger partial charge in [0.15, 0.2) is 0 Å². The second kappa shape index (κ2) is 7.35. The summed E-state index contributed by atoms with van der Waals surface area (Å²) in [5, 5.41) is 6.51. The highest BCUT2D eigenvalue weighted by molar-refractivity contribution is 5.68. The molecular weight excluding hydrogens is 288 g/mol. The van der Waals surface area contributed by atoms with Gasteiger partial charge in [0.05, 0.1) is 0 Å². The lowest BCUT2D eigenvalue weighted by Crippen LogP contribution is -2.37. The van der Waals surface area contributed by atoms with Crippen LogP contribution in [0, 0.1) is 5.92 Å². The number of rotatable bonds is 6. The van der Waals surface area contributed by atoms with Crippen molar-refractivity contribution < 1.29 is 9.53 Å². The third-order valence-corrected chi connectivity index (χ3v) is 4.12. The quantitative estimate of drug-likeness (QED) is 0.841. The van der Waals surface area contributed by atoms with Gasteiger partial charge in [-0.25, -0.2) is 4.79 Å². The highest BCUT2D eigenvalue weighted by Gasteiger charge is 2.39. The van der Waals surface area contributed by atoms with Gasteiger partial charge in [0.1, 0.15) is 5.60 Å². The highest BCUT2D eigenvalue weighted by atomic mass is 16.6. The summed E-state index contributed by atoms with van der Waals surface area (Å²) in [6.07, 6.45) is 0.647. The Hall–Kier alpha value is -1.55. The fourth-order valence-electron chi connectivity index (χ4n) is 2.76. The smallest absolute Gasteiger partial charge is 0.407 e. The summed E-state index contributed by atoms with van der Waals surface area (Å²) in [6, 6.07) is 11.2. The Morgan fingerprint density at radius 3 is 2.43 bits per heavy atom. The number of carbonyl (C=O) groups excluding carboxylic acids is 1. The van der Waals surface area contributed by atoms with E-state index in [0.717, 1.165) is 13.0 Å². The molecule has 1 aliphatic carbocycles. The van der Waals surface area contributed by atoms with E-state index in [-0.39, 0.29) is 12.1 Å². The van der Waals surface area contributed by atoms with Crippen LogP contribution in [0.4, 0.5) is 4.79 Å². The molecule has 4 nitrogen and oxygen atoms in total. The number of ether oxygens (including phenoxy) is 1.